The van der Waals surface area contributed by atoms with Crippen LogP contribution in [0.4, 0.5) is 32.3 Å². The Morgan fingerprint density at radius 2 is 1.77 bits per heavy atom. The number of rotatable bonds is 6. The fraction of sp³-hybridized carbons (Fsp3) is 0.273. The number of hydrogen-bond donors (Lipinski definition) is 2. The number of piperidine rings is 1. The molecule has 0 radical (unpaired) electrons. The fourth-order valence-corrected chi connectivity index (χ4v) is 3.39. The Morgan fingerprint density at radius 1 is 1.00 bits per heavy atom. The molecule has 3 aromatic rings. The molecule has 1 fully saturated rings. The zero-order chi connectivity index (χ0) is 21.6. The van der Waals surface area contributed by atoms with Crippen molar-refractivity contribution in [3.05, 3.63) is 65.7 Å². The first kappa shape index (κ1) is 20.6. The highest BCUT2D eigenvalue weighted by Gasteiger charge is 2.22. The standard InChI is InChI=1S/C22H23F2N7/c1-15-6-4-5-13-31(15)22-28-20(26-19-8-3-2-7-18(19)24)27-21(29-22)30-25-14-16-9-11-17(23)12-10-16/h2-3,7-12,14-15H,4-6,13H2,1H3,(H2,26,27,28,29,30)/b25-14-/t15-/m1/s1. The number of para-hydroxylation sites is 1. The minimum Gasteiger partial charge on any atom is -0.338 e. The van der Waals surface area contributed by atoms with Crippen molar-refractivity contribution in [1.82, 2.24) is 15.0 Å². The highest BCUT2D eigenvalue weighted by molar-refractivity contribution is 5.79. The van der Waals surface area contributed by atoms with Gasteiger partial charge < -0.3 is 10.2 Å². The average Bonchev–Trinajstić information content (AvgIpc) is 2.77. The summed E-state index contributed by atoms with van der Waals surface area (Å²) in [5, 5.41) is 7.07. The second-order valence-corrected chi connectivity index (χ2v) is 7.35. The van der Waals surface area contributed by atoms with Crippen LogP contribution < -0.4 is 15.6 Å². The fourth-order valence-electron chi connectivity index (χ4n) is 3.39. The highest BCUT2D eigenvalue weighted by Crippen LogP contribution is 2.25. The molecule has 2 N–H and O–H groups in total. The van der Waals surface area contributed by atoms with Gasteiger partial charge >= 0.3 is 0 Å². The smallest absolute Gasteiger partial charge is 0.250 e. The number of hydrazone groups is 1. The molecule has 7 nitrogen and oxygen atoms in total. The number of hydrogen-bond acceptors (Lipinski definition) is 7. The molecule has 1 aliphatic rings. The lowest BCUT2D eigenvalue weighted by Gasteiger charge is -2.33. The number of nitrogens with zero attached hydrogens (tertiary/aromatic N) is 5. The van der Waals surface area contributed by atoms with Crippen molar-refractivity contribution in [3.63, 3.8) is 0 Å². The van der Waals surface area contributed by atoms with Gasteiger partial charge in [-0.1, -0.05) is 24.3 Å². The third kappa shape index (κ3) is 5.30. The van der Waals surface area contributed by atoms with Crippen LogP contribution in [0.25, 0.3) is 0 Å². The van der Waals surface area contributed by atoms with E-state index in [0.29, 0.717) is 5.95 Å². The minimum absolute atomic E-state index is 0.215. The molecule has 0 amide bonds. The molecule has 2 heterocycles. The summed E-state index contributed by atoms with van der Waals surface area (Å²) in [6.07, 6.45) is 4.80. The number of nitrogens with one attached hydrogen (secondary N) is 2. The van der Waals surface area contributed by atoms with Crippen molar-refractivity contribution in [2.24, 2.45) is 5.10 Å². The van der Waals surface area contributed by atoms with E-state index < -0.39 is 5.82 Å². The van der Waals surface area contributed by atoms with Crippen LogP contribution in [-0.4, -0.2) is 33.8 Å². The molecule has 9 heteroatoms. The number of benzene rings is 2. The van der Waals surface area contributed by atoms with E-state index in [2.05, 4.69) is 42.6 Å². The van der Waals surface area contributed by atoms with Crippen LogP contribution in [0.15, 0.2) is 53.6 Å². The largest absolute Gasteiger partial charge is 0.338 e. The topological polar surface area (TPSA) is 78.3 Å². The van der Waals surface area contributed by atoms with Crippen molar-refractivity contribution in [1.29, 1.82) is 0 Å². The first-order chi connectivity index (χ1) is 15.1. The van der Waals surface area contributed by atoms with Crippen LogP contribution in [0.1, 0.15) is 31.7 Å². The Morgan fingerprint density at radius 3 is 2.55 bits per heavy atom. The summed E-state index contributed by atoms with van der Waals surface area (Å²) in [7, 11) is 0. The van der Waals surface area contributed by atoms with Gasteiger partial charge in [-0.05, 0) is 56.0 Å². The van der Waals surface area contributed by atoms with Gasteiger partial charge in [-0.15, -0.1) is 0 Å². The van der Waals surface area contributed by atoms with E-state index >= 15 is 0 Å². The summed E-state index contributed by atoms with van der Waals surface area (Å²) in [4.78, 5) is 15.5. The van der Waals surface area contributed by atoms with Crippen LogP contribution in [0.2, 0.25) is 0 Å². The van der Waals surface area contributed by atoms with Crippen molar-refractivity contribution in [3.8, 4) is 0 Å². The molecule has 0 unspecified atom stereocenters. The van der Waals surface area contributed by atoms with Crippen LogP contribution in [0.5, 0.6) is 0 Å². The van der Waals surface area contributed by atoms with Gasteiger partial charge in [0.1, 0.15) is 11.6 Å². The second kappa shape index (κ2) is 9.46. The summed E-state index contributed by atoms with van der Waals surface area (Å²) in [6, 6.07) is 12.5. The van der Waals surface area contributed by atoms with Crippen LogP contribution in [0.3, 0.4) is 0 Å². The Labute approximate surface area is 179 Å². The summed E-state index contributed by atoms with van der Waals surface area (Å²) in [5.74, 6) is 0.222. The SMILES string of the molecule is C[C@@H]1CCCCN1c1nc(N/N=C\c2ccc(F)cc2)nc(Nc2ccccc2F)n1. The maximum atomic E-state index is 14.1. The van der Waals surface area contributed by atoms with Crippen molar-refractivity contribution in [2.75, 3.05) is 22.2 Å². The summed E-state index contributed by atoms with van der Waals surface area (Å²) < 4.78 is 27.2. The molecule has 160 valence electrons. The van der Waals surface area contributed by atoms with Gasteiger partial charge in [-0.2, -0.15) is 20.1 Å². The Kier molecular flexibility index (Phi) is 6.30. The lowest BCUT2D eigenvalue weighted by atomic mass is 10.0. The molecule has 4 rings (SSSR count). The normalized spacial score (nSPS) is 16.5. The van der Waals surface area contributed by atoms with Gasteiger partial charge in [0.05, 0.1) is 11.9 Å². The van der Waals surface area contributed by atoms with Gasteiger partial charge in [0.15, 0.2) is 0 Å². The monoisotopic (exact) mass is 423 g/mol. The van der Waals surface area contributed by atoms with Crippen LogP contribution in [0, 0.1) is 11.6 Å². The van der Waals surface area contributed by atoms with Gasteiger partial charge in [-0.3, -0.25) is 0 Å². The first-order valence-corrected chi connectivity index (χ1v) is 10.2. The molecule has 1 aromatic heterocycles. The molecule has 0 bridgehead atoms. The van der Waals surface area contributed by atoms with E-state index in [1.807, 2.05) is 0 Å². The van der Waals surface area contributed by atoms with Gasteiger partial charge in [0.2, 0.25) is 17.8 Å². The molecule has 31 heavy (non-hydrogen) atoms. The van der Waals surface area contributed by atoms with E-state index in [1.54, 1.807) is 30.3 Å². The van der Waals surface area contributed by atoms with E-state index in [4.69, 9.17) is 0 Å². The first-order valence-electron chi connectivity index (χ1n) is 10.2. The highest BCUT2D eigenvalue weighted by atomic mass is 19.1. The maximum Gasteiger partial charge on any atom is 0.250 e. The van der Waals surface area contributed by atoms with E-state index in [1.165, 1.54) is 24.4 Å². The molecule has 0 aliphatic carbocycles. The Balaban J connectivity index is 1.60. The van der Waals surface area contributed by atoms with Crippen molar-refractivity contribution in [2.45, 2.75) is 32.2 Å². The Bertz CT molecular complexity index is 1060. The Hall–Kier alpha value is -3.62. The lowest BCUT2D eigenvalue weighted by molar-refractivity contribution is 0.477. The number of halogens is 2. The average molecular weight is 423 g/mol. The number of aromatic nitrogens is 3. The van der Waals surface area contributed by atoms with E-state index in [-0.39, 0.29) is 29.4 Å². The second-order valence-electron chi connectivity index (χ2n) is 7.35. The molecule has 1 saturated heterocycles. The molecule has 0 saturated carbocycles. The molecule has 1 aliphatic heterocycles. The molecule has 0 spiro atoms. The predicted molar refractivity (Wildman–Crippen MR) is 118 cm³/mol. The number of anilines is 4. The summed E-state index contributed by atoms with van der Waals surface area (Å²) >= 11 is 0. The van der Waals surface area contributed by atoms with Crippen molar-refractivity contribution >= 4 is 29.7 Å². The van der Waals surface area contributed by atoms with Crippen LogP contribution in [-0.2, 0) is 0 Å². The quantitative estimate of drug-likeness (QED) is 0.441. The van der Waals surface area contributed by atoms with E-state index in [0.717, 1.165) is 31.4 Å². The zero-order valence-electron chi connectivity index (χ0n) is 17.1. The molecule has 2 aromatic carbocycles. The van der Waals surface area contributed by atoms with Gasteiger partial charge in [0.25, 0.3) is 0 Å². The van der Waals surface area contributed by atoms with Gasteiger partial charge in [-0.25, -0.2) is 14.2 Å². The molecular weight excluding hydrogens is 400 g/mol. The zero-order valence-corrected chi connectivity index (χ0v) is 17.1. The minimum atomic E-state index is -0.403. The third-order valence-electron chi connectivity index (χ3n) is 5.05. The maximum absolute atomic E-state index is 14.1. The third-order valence-corrected chi connectivity index (χ3v) is 5.05. The van der Waals surface area contributed by atoms with Crippen molar-refractivity contribution < 1.29 is 8.78 Å². The molecule has 1 atom stereocenters. The summed E-state index contributed by atoms with van der Waals surface area (Å²) in [6.45, 7) is 2.97. The predicted octanol–water partition coefficient (Wildman–Crippen LogP) is 4.72. The van der Waals surface area contributed by atoms with E-state index in [9.17, 15) is 8.78 Å². The van der Waals surface area contributed by atoms with Crippen LogP contribution >= 0.6 is 0 Å². The summed E-state index contributed by atoms with van der Waals surface area (Å²) in [5.41, 5.74) is 3.79. The lowest BCUT2D eigenvalue weighted by Crippen LogP contribution is -2.38. The molecular formula is C22H23F2N7. The van der Waals surface area contributed by atoms with Gasteiger partial charge in [0, 0.05) is 12.6 Å².